The van der Waals surface area contributed by atoms with Gasteiger partial charge in [-0.1, -0.05) is 36.4 Å². The van der Waals surface area contributed by atoms with Gasteiger partial charge < -0.3 is 9.47 Å². The van der Waals surface area contributed by atoms with E-state index in [2.05, 4.69) is 0 Å². The van der Waals surface area contributed by atoms with Gasteiger partial charge in [-0.05, 0) is 18.4 Å². The zero-order valence-corrected chi connectivity index (χ0v) is 13.9. The number of hydrogen-bond donors (Lipinski definition) is 0. The summed E-state index contributed by atoms with van der Waals surface area (Å²) in [7, 11) is 0. The van der Waals surface area contributed by atoms with Gasteiger partial charge in [0, 0.05) is 42.9 Å². The molecule has 1 amide bonds. The number of nitrogens with zero attached hydrogens (tertiary/aromatic N) is 2. The van der Waals surface area contributed by atoms with Gasteiger partial charge in [-0.2, -0.15) is 0 Å². The summed E-state index contributed by atoms with van der Waals surface area (Å²) in [5.74, 6) is 0.201. The van der Waals surface area contributed by atoms with Gasteiger partial charge in [-0.25, -0.2) is 0 Å². The molecule has 2 aromatic rings. The lowest BCUT2D eigenvalue weighted by molar-refractivity contribution is -0.132. The molecule has 1 aromatic carbocycles. The van der Waals surface area contributed by atoms with Gasteiger partial charge in [0.05, 0.1) is 6.42 Å². The molecule has 1 saturated heterocycles. The first kappa shape index (κ1) is 15.8. The van der Waals surface area contributed by atoms with Crippen molar-refractivity contribution in [3.8, 4) is 0 Å². The van der Waals surface area contributed by atoms with E-state index in [-0.39, 0.29) is 35.5 Å². The Morgan fingerprint density at radius 3 is 2.56 bits per heavy atom. The van der Waals surface area contributed by atoms with E-state index in [1.807, 2.05) is 16.7 Å². The van der Waals surface area contributed by atoms with Crippen molar-refractivity contribution in [2.24, 2.45) is 5.92 Å². The molecule has 0 saturated carbocycles. The Kier molecular flexibility index (Phi) is 3.99. The van der Waals surface area contributed by atoms with Crippen LogP contribution >= 0.6 is 0 Å². The SMILES string of the molecule is O=C(CC(=O)N1C[C@H]2C[C@@H](C1)c1cccc(=O)n1C2)c1ccccc1. The van der Waals surface area contributed by atoms with Crippen LogP contribution in [0.2, 0.25) is 0 Å². The van der Waals surface area contributed by atoms with Crippen molar-refractivity contribution < 1.29 is 9.59 Å². The van der Waals surface area contributed by atoms with Gasteiger partial charge in [-0.15, -0.1) is 0 Å². The van der Waals surface area contributed by atoms with Gasteiger partial charge in [0.1, 0.15) is 0 Å². The van der Waals surface area contributed by atoms with E-state index < -0.39 is 0 Å². The molecule has 3 heterocycles. The van der Waals surface area contributed by atoms with Crippen LogP contribution in [-0.4, -0.2) is 34.2 Å². The average Bonchev–Trinajstić information content (AvgIpc) is 2.63. The van der Waals surface area contributed by atoms with Crippen LogP contribution in [0.15, 0.2) is 53.3 Å². The number of fused-ring (bicyclic) bond motifs is 4. The number of carbonyl (C=O) groups excluding carboxylic acids is 2. The van der Waals surface area contributed by atoms with Crippen molar-refractivity contribution in [1.82, 2.24) is 9.47 Å². The van der Waals surface area contributed by atoms with E-state index in [0.29, 0.717) is 25.2 Å². The fourth-order valence-corrected chi connectivity index (χ4v) is 4.08. The maximum Gasteiger partial charge on any atom is 0.250 e. The number of carbonyl (C=O) groups is 2. The summed E-state index contributed by atoms with van der Waals surface area (Å²) in [4.78, 5) is 38.8. The number of pyridine rings is 1. The molecular weight excluding hydrogens is 316 g/mol. The largest absolute Gasteiger partial charge is 0.341 e. The molecule has 0 N–H and O–H groups in total. The molecule has 2 atom stereocenters. The Hall–Kier alpha value is -2.69. The Morgan fingerprint density at radius 2 is 1.76 bits per heavy atom. The van der Waals surface area contributed by atoms with E-state index in [1.165, 1.54) is 0 Å². The predicted molar refractivity (Wildman–Crippen MR) is 93.5 cm³/mol. The van der Waals surface area contributed by atoms with Crippen molar-refractivity contribution >= 4 is 11.7 Å². The van der Waals surface area contributed by atoms with E-state index in [4.69, 9.17) is 0 Å². The molecule has 1 aromatic heterocycles. The third kappa shape index (κ3) is 3.02. The number of rotatable bonds is 3. The van der Waals surface area contributed by atoms with Crippen LogP contribution in [0.25, 0.3) is 0 Å². The van der Waals surface area contributed by atoms with Crippen LogP contribution in [0.1, 0.15) is 34.8 Å². The smallest absolute Gasteiger partial charge is 0.250 e. The van der Waals surface area contributed by atoms with Gasteiger partial charge in [0.25, 0.3) is 5.56 Å². The summed E-state index contributed by atoms with van der Waals surface area (Å²) in [6.07, 6.45) is 0.908. The highest BCUT2D eigenvalue weighted by atomic mass is 16.2. The van der Waals surface area contributed by atoms with Crippen LogP contribution in [0.4, 0.5) is 0 Å². The van der Waals surface area contributed by atoms with E-state index in [0.717, 1.165) is 12.1 Å². The van der Waals surface area contributed by atoms with Crippen LogP contribution in [0.3, 0.4) is 0 Å². The molecule has 2 aliphatic rings. The van der Waals surface area contributed by atoms with E-state index >= 15 is 0 Å². The summed E-state index contributed by atoms with van der Waals surface area (Å²) in [5, 5.41) is 0. The topological polar surface area (TPSA) is 59.4 Å². The molecule has 128 valence electrons. The first-order chi connectivity index (χ1) is 12.1. The number of aromatic nitrogens is 1. The highest BCUT2D eigenvalue weighted by molar-refractivity contribution is 6.07. The van der Waals surface area contributed by atoms with E-state index in [9.17, 15) is 14.4 Å². The van der Waals surface area contributed by atoms with E-state index in [1.54, 1.807) is 41.3 Å². The van der Waals surface area contributed by atoms with Crippen molar-refractivity contribution in [2.45, 2.75) is 25.3 Å². The Labute approximate surface area is 145 Å². The number of Topliss-reactive ketones (excluding diaryl/α,β-unsaturated/α-hetero) is 1. The second-order valence-electron chi connectivity index (χ2n) is 6.96. The molecule has 5 heteroatoms. The standard InChI is InChI=1S/C20H20N2O3/c23-18(15-5-2-1-3-6-15)10-20(25)21-11-14-9-16(13-21)17-7-4-8-19(24)22(17)12-14/h1-8,14,16H,9-13H2/t14-,16+/m1/s1. The molecule has 0 radical (unpaired) electrons. The minimum atomic E-state index is -0.141. The van der Waals surface area contributed by atoms with Gasteiger partial charge in [-0.3, -0.25) is 14.4 Å². The zero-order valence-electron chi connectivity index (χ0n) is 13.9. The predicted octanol–water partition coefficient (Wildman–Crippen LogP) is 2.07. The lowest BCUT2D eigenvalue weighted by Gasteiger charge is -2.42. The summed E-state index contributed by atoms with van der Waals surface area (Å²) in [6, 6.07) is 14.3. The maximum absolute atomic E-state index is 12.6. The molecule has 0 unspecified atom stereocenters. The zero-order chi connectivity index (χ0) is 17.4. The minimum absolute atomic E-state index is 0.0335. The lowest BCUT2D eigenvalue weighted by atomic mass is 9.83. The normalized spacial score (nSPS) is 21.5. The minimum Gasteiger partial charge on any atom is -0.341 e. The molecule has 0 spiro atoms. The number of amides is 1. The summed E-state index contributed by atoms with van der Waals surface area (Å²) < 4.78 is 1.84. The molecule has 1 fully saturated rings. The van der Waals surface area contributed by atoms with Crippen LogP contribution in [-0.2, 0) is 11.3 Å². The highest BCUT2D eigenvalue weighted by Crippen LogP contribution is 2.35. The third-order valence-electron chi connectivity index (χ3n) is 5.24. The Bertz CT molecular complexity index is 872. The highest BCUT2D eigenvalue weighted by Gasteiger charge is 2.36. The number of piperidine rings is 1. The summed E-state index contributed by atoms with van der Waals surface area (Å²) in [6.45, 7) is 1.86. The molecule has 0 aliphatic carbocycles. The monoisotopic (exact) mass is 336 g/mol. The van der Waals surface area contributed by atoms with Crippen molar-refractivity contribution in [3.63, 3.8) is 0 Å². The van der Waals surface area contributed by atoms with Gasteiger partial charge in [0.2, 0.25) is 5.91 Å². The fourth-order valence-electron chi connectivity index (χ4n) is 4.08. The first-order valence-electron chi connectivity index (χ1n) is 8.67. The molecule has 2 bridgehead atoms. The third-order valence-corrected chi connectivity index (χ3v) is 5.24. The number of benzene rings is 1. The molecule has 5 nitrogen and oxygen atoms in total. The Balaban J connectivity index is 1.49. The van der Waals surface area contributed by atoms with Crippen LogP contribution in [0.5, 0.6) is 0 Å². The van der Waals surface area contributed by atoms with Crippen molar-refractivity contribution in [3.05, 3.63) is 70.1 Å². The molecule has 2 aliphatic heterocycles. The second kappa shape index (κ2) is 6.31. The van der Waals surface area contributed by atoms with Gasteiger partial charge >= 0.3 is 0 Å². The molecule has 4 rings (SSSR count). The number of hydrogen-bond acceptors (Lipinski definition) is 3. The average molecular weight is 336 g/mol. The van der Waals surface area contributed by atoms with Crippen molar-refractivity contribution in [2.75, 3.05) is 13.1 Å². The van der Waals surface area contributed by atoms with Gasteiger partial charge in [0.15, 0.2) is 5.78 Å². The fraction of sp³-hybridized carbons (Fsp3) is 0.350. The van der Waals surface area contributed by atoms with Crippen LogP contribution in [0, 0.1) is 5.92 Å². The first-order valence-corrected chi connectivity index (χ1v) is 8.67. The maximum atomic E-state index is 12.6. The number of likely N-dealkylation sites (tertiary alicyclic amines) is 1. The number of ketones is 1. The Morgan fingerprint density at radius 1 is 0.960 bits per heavy atom. The summed E-state index contributed by atoms with van der Waals surface area (Å²) >= 11 is 0. The van der Waals surface area contributed by atoms with Crippen molar-refractivity contribution in [1.29, 1.82) is 0 Å². The lowest BCUT2D eigenvalue weighted by Crippen LogP contribution is -2.49. The molecule has 25 heavy (non-hydrogen) atoms. The summed E-state index contributed by atoms with van der Waals surface area (Å²) in [5.41, 5.74) is 1.62. The van der Waals surface area contributed by atoms with Crippen LogP contribution < -0.4 is 5.56 Å². The molecular formula is C20H20N2O3. The quantitative estimate of drug-likeness (QED) is 0.637. The second-order valence-corrected chi connectivity index (χ2v) is 6.96.